The summed E-state index contributed by atoms with van der Waals surface area (Å²) in [6.45, 7) is 1.58. The lowest BCUT2D eigenvalue weighted by Crippen LogP contribution is -2.38. The largest absolute Gasteiger partial charge is 0.484 e. The first-order valence-electron chi connectivity index (χ1n) is 7.49. The average Bonchev–Trinajstić information content (AvgIpc) is 2.84. The highest BCUT2D eigenvalue weighted by molar-refractivity contribution is 7.91. The van der Waals surface area contributed by atoms with Crippen LogP contribution in [0.4, 0.5) is 0 Å². The smallest absolute Gasteiger partial charge is 0.336 e. The second-order valence-electron chi connectivity index (χ2n) is 5.86. The summed E-state index contributed by atoms with van der Waals surface area (Å²) >= 11 is 0. The van der Waals surface area contributed by atoms with Gasteiger partial charge in [0.05, 0.1) is 11.5 Å². The number of amides is 1. The Balaban J connectivity index is 1.63. The van der Waals surface area contributed by atoms with Crippen LogP contribution >= 0.6 is 0 Å². The minimum absolute atomic E-state index is 0.0209. The quantitative estimate of drug-likeness (QED) is 0.817. The van der Waals surface area contributed by atoms with Gasteiger partial charge in [0.2, 0.25) is 0 Å². The molecule has 2 heterocycles. The Morgan fingerprint density at radius 1 is 1.38 bits per heavy atom. The molecule has 128 valence electrons. The summed E-state index contributed by atoms with van der Waals surface area (Å²) in [5.74, 6) is 0.183. The summed E-state index contributed by atoms with van der Waals surface area (Å²) in [7, 11) is -3.03. The Morgan fingerprint density at radius 3 is 2.88 bits per heavy atom. The summed E-state index contributed by atoms with van der Waals surface area (Å²) in [4.78, 5) is 23.2. The van der Waals surface area contributed by atoms with Crippen LogP contribution in [0.25, 0.3) is 11.0 Å². The Labute approximate surface area is 138 Å². The highest BCUT2D eigenvalue weighted by Crippen LogP contribution is 2.22. The summed E-state index contributed by atoms with van der Waals surface area (Å²) in [6, 6.07) is 5.96. The van der Waals surface area contributed by atoms with E-state index in [1.807, 2.05) is 0 Å². The number of hydrogen-bond acceptors (Lipinski definition) is 6. The molecule has 1 atom stereocenters. The molecule has 0 aliphatic carbocycles. The van der Waals surface area contributed by atoms with E-state index in [9.17, 15) is 18.0 Å². The standard InChI is InChI=1S/C16H17NO6S/c1-10-6-16(19)23-14-3-2-12(7-13(10)14)22-8-15(18)17-11-4-5-24(20,21)9-11/h2-3,6-7,11H,4-5,8-9H2,1H3,(H,17,18)/t11-/m0/s1. The normalized spacial score (nSPS) is 19.3. The zero-order chi connectivity index (χ0) is 17.3. The van der Waals surface area contributed by atoms with Gasteiger partial charge < -0.3 is 14.5 Å². The van der Waals surface area contributed by atoms with E-state index in [1.165, 1.54) is 6.07 Å². The van der Waals surface area contributed by atoms with Crippen molar-refractivity contribution < 1.29 is 22.4 Å². The maximum atomic E-state index is 11.9. The third-order valence-corrected chi connectivity index (χ3v) is 5.66. The topological polar surface area (TPSA) is 103 Å². The van der Waals surface area contributed by atoms with Gasteiger partial charge in [0.25, 0.3) is 5.91 Å². The molecule has 1 aliphatic heterocycles. The van der Waals surface area contributed by atoms with Crippen molar-refractivity contribution in [3.05, 3.63) is 40.2 Å². The second-order valence-corrected chi connectivity index (χ2v) is 8.09. The van der Waals surface area contributed by atoms with Crippen LogP contribution in [0.15, 0.2) is 33.5 Å². The molecule has 8 heteroatoms. The van der Waals surface area contributed by atoms with Crippen molar-refractivity contribution in [3.63, 3.8) is 0 Å². The fourth-order valence-electron chi connectivity index (χ4n) is 2.72. The minimum Gasteiger partial charge on any atom is -0.484 e. The molecule has 0 spiro atoms. The van der Waals surface area contributed by atoms with E-state index in [-0.39, 0.29) is 30.1 Å². The first-order valence-corrected chi connectivity index (χ1v) is 9.32. The molecule has 0 radical (unpaired) electrons. The highest BCUT2D eigenvalue weighted by Gasteiger charge is 2.28. The maximum Gasteiger partial charge on any atom is 0.336 e. The molecule has 0 unspecified atom stereocenters. The van der Waals surface area contributed by atoms with Gasteiger partial charge in [-0.2, -0.15) is 0 Å². The van der Waals surface area contributed by atoms with Gasteiger partial charge in [-0.25, -0.2) is 13.2 Å². The molecule has 0 saturated carbocycles. The van der Waals surface area contributed by atoms with Crippen LogP contribution in [-0.4, -0.2) is 38.5 Å². The molecule has 1 aliphatic rings. The first-order chi connectivity index (χ1) is 11.3. The summed E-state index contributed by atoms with van der Waals surface area (Å²) in [5.41, 5.74) is 0.792. The van der Waals surface area contributed by atoms with Gasteiger partial charge in [-0.15, -0.1) is 0 Å². The fourth-order valence-corrected chi connectivity index (χ4v) is 4.39. The zero-order valence-corrected chi connectivity index (χ0v) is 13.9. The number of rotatable bonds is 4. The number of carbonyl (C=O) groups is 1. The van der Waals surface area contributed by atoms with Crippen molar-refractivity contribution in [2.45, 2.75) is 19.4 Å². The first kappa shape index (κ1) is 16.5. The molecule has 1 amide bonds. The number of carbonyl (C=O) groups excluding carboxylic acids is 1. The molecule has 1 saturated heterocycles. The van der Waals surface area contributed by atoms with Crippen molar-refractivity contribution in [1.82, 2.24) is 5.32 Å². The van der Waals surface area contributed by atoms with Gasteiger partial charge in [0.1, 0.15) is 11.3 Å². The number of ether oxygens (including phenoxy) is 1. The SMILES string of the molecule is Cc1cc(=O)oc2ccc(OCC(=O)N[C@H]3CCS(=O)(=O)C3)cc12. The lowest BCUT2D eigenvalue weighted by atomic mass is 10.1. The van der Waals surface area contributed by atoms with Crippen molar-refractivity contribution in [1.29, 1.82) is 0 Å². The number of nitrogens with one attached hydrogen (secondary N) is 1. The molecular weight excluding hydrogens is 334 g/mol. The van der Waals surface area contributed by atoms with Crippen molar-refractivity contribution in [2.75, 3.05) is 18.1 Å². The Hall–Kier alpha value is -2.35. The van der Waals surface area contributed by atoms with E-state index in [1.54, 1.807) is 25.1 Å². The van der Waals surface area contributed by atoms with Gasteiger partial charge in [-0.05, 0) is 37.1 Å². The average molecular weight is 351 g/mol. The van der Waals surface area contributed by atoms with Gasteiger partial charge in [0, 0.05) is 17.5 Å². The van der Waals surface area contributed by atoms with E-state index < -0.39 is 15.5 Å². The van der Waals surface area contributed by atoms with E-state index in [4.69, 9.17) is 9.15 Å². The molecule has 1 aromatic heterocycles. The highest BCUT2D eigenvalue weighted by atomic mass is 32.2. The van der Waals surface area contributed by atoms with Gasteiger partial charge in [0.15, 0.2) is 16.4 Å². The van der Waals surface area contributed by atoms with Crippen LogP contribution in [-0.2, 0) is 14.6 Å². The summed E-state index contributed by atoms with van der Waals surface area (Å²) in [6.07, 6.45) is 0.433. The number of aryl methyl sites for hydroxylation is 1. The van der Waals surface area contributed by atoms with E-state index in [2.05, 4.69) is 5.32 Å². The number of sulfone groups is 1. The van der Waals surface area contributed by atoms with E-state index in [0.717, 1.165) is 10.9 Å². The van der Waals surface area contributed by atoms with Crippen molar-refractivity contribution in [2.24, 2.45) is 0 Å². The van der Waals surface area contributed by atoms with Crippen molar-refractivity contribution >= 4 is 26.7 Å². The van der Waals surface area contributed by atoms with Crippen LogP contribution in [0.1, 0.15) is 12.0 Å². The van der Waals surface area contributed by atoms with Crippen molar-refractivity contribution in [3.8, 4) is 5.75 Å². The third-order valence-electron chi connectivity index (χ3n) is 3.89. The van der Waals surface area contributed by atoms with E-state index >= 15 is 0 Å². The van der Waals surface area contributed by atoms with Crippen LogP contribution in [0.2, 0.25) is 0 Å². The predicted octanol–water partition coefficient (Wildman–Crippen LogP) is 0.784. The lowest BCUT2D eigenvalue weighted by Gasteiger charge is -2.12. The molecule has 7 nitrogen and oxygen atoms in total. The molecule has 1 N–H and O–H groups in total. The van der Waals surface area contributed by atoms with Gasteiger partial charge in [-0.3, -0.25) is 4.79 Å². The second kappa shape index (κ2) is 6.27. The lowest BCUT2D eigenvalue weighted by molar-refractivity contribution is -0.123. The van der Waals surface area contributed by atoms with Gasteiger partial charge >= 0.3 is 5.63 Å². The molecular formula is C16H17NO6S. The van der Waals surface area contributed by atoms with Crippen LogP contribution in [0.3, 0.4) is 0 Å². The van der Waals surface area contributed by atoms with Crippen LogP contribution < -0.4 is 15.7 Å². The Kier molecular flexibility index (Phi) is 4.31. The third kappa shape index (κ3) is 3.76. The maximum absolute atomic E-state index is 11.9. The summed E-state index contributed by atoms with van der Waals surface area (Å²) in [5, 5.41) is 3.39. The monoisotopic (exact) mass is 351 g/mol. The summed E-state index contributed by atoms with van der Waals surface area (Å²) < 4.78 is 33.3. The number of fused-ring (bicyclic) bond motifs is 1. The predicted molar refractivity (Wildman–Crippen MR) is 87.9 cm³/mol. The van der Waals surface area contributed by atoms with Crippen LogP contribution in [0, 0.1) is 6.92 Å². The number of benzene rings is 1. The van der Waals surface area contributed by atoms with Gasteiger partial charge in [-0.1, -0.05) is 0 Å². The number of hydrogen-bond donors (Lipinski definition) is 1. The Morgan fingerprint density at radius 2 is 2.17 bits per heavy atom. The zero-order valence-electron chi connectivity index (χ0n) is 13.1. The van der Waals surface area contributed by atoms with Crippen LogP contribution in [0.5, 0.6) is 5.75 Å². The Bertz CT molecular complexity index is 947. The molecule has 1 aromatic carbocycles. The van der Waals surface area contributed by atoms with E-state index in [0.29, 0.717) is 17.8 Å². The molecule has 2 aromatic rings. The molecule has 3 rings (SSSR count). The molecule has 24 heavy (non-hydrogen) atoms. The molecule has 0 bridgehead atoms. The molecule has 1 fully saturated rings. The fraction of sp³-hybridized carbons (Fsp3) is 0.375. The minimum atomic E-state index is -3.03.